The molecule has 0 spiro atoms. The molecular formula is C86H105N12O31S4+. The second-order valence-corrected chi connectivity index (χ2v) is 37.9. The summed E-state index contributed by atoms with van der Waals surface area (Å²) in [6.07, 6.45) is 8.66. The molecule has 9 amide bonds. The number of nitrogens with zero attached hydrogens (tertiary/aromatic N) is 3. The quantitative estimate of drug-likeness (QED) is 0.00811. The predicted molar refractivity (Wildman–Crippen MR) is 480 cm³/mol. The lowest BCUT2D eigenvalue weighted by molar-refractivity contribution is -0.438. The lowest BCUT2D eigenvalue weighted by Gasteiger charge is -2.26. The van der Waals surface area contributed by atoms with E-state index in [1.54, 1.807) is 42.5 Å². The summed E-state index contributed by atoms with van der Waals surface area (Å²) in [4.78, 5) is 161. The topological polar surface area (TPSA) is 679 Å². The van der Waals surface area contributed by atoms with E-state index in [1.165, 1.54) is 65.6 Å². The van der Waals surface area contributed by atoms with Gasteiger partial charge in [0.2, 0.25) is 23.4 Å². The van der Waals surface area contributed by atoms with Crippen molar-refractivity contribution in [2.24, 2.45) is 0 Å². The monoisotopic (exact) mass is 1930 g/mol. The Bertz CT molecular complexity index is 5970. The number of carboxylic acids is 6. The number of carbonyl (C=O) groups is 13. The Morgan fingerprint density at radius 3 is 1.29 bits per heavy atom. The number of unbranched alkanes of at least 4 members (excludes halogenated alkanes) is 4. The first-order valence-corrected chi connectivity index (χ1v) is 47.5. The smallest absolute Gasteiger partial charge is 0.326 e. The predicted octanol–water partition coefficient (Wildman–Crippen LogP) is 6.76. The summed E-state index contributed by atoms with van der Waals surface area (Å²) in [5.74, 6) is -11.2. The zero-order valence-corrected chi connectivity index (χ0v) is 76.0. The summed E-state index contributed by atoms with van der Waals surface area (Å²) in [5, 5.41) is 78.1. The van der Waals surface area contributed by atoms with E-state index in [1.807, 2.05) is 54.7 Å². The van der Waals surface area contributed by atoms with Crippen molar-refractivity contribution in [2.75, 3.05) is 67.9 Å². The van der Waals surface area contributed by atoms with Gasteiger partial charge in [0, 0.05) is 126 Å². The molecule has 0 saturated heterocycles. The number of hydrogen-bond donors (Lipinski definition) is 19. The third kappa shape index (κ3) is 29.2. The average molecular weight is 1930 g/mol. The molecule has 2 heterocycles. The van der Waals surface area contributed by atoms with E-state index < -0.39 is 205 Å². The maximum atomic E-state index is 13.8. The Hall–Kier alpha value is -13.2. The van der Waals surface area contributed by atoms with Gasteiger partial charge in [-0.25, -0.2) is 28.8 Å². The van der Waals surface area contributed by atoms with Gasteiger partial charge in [0.15, 0.2) is 5.71 Å². The molecule has 43 nitrogen and oxygen atoms in total. The van der Waals surface area contributed by atoms with Gasteiger partial charge in [-0.1, -0.05) is 38.1 Å². The van der Waals surface area contributed by atoms with Crippen molar-refractivity contribution in [1.29, 1.82) is 0 Å². The lowest BCUT2D eigenvalue weighted by atomic mass is 9.79. The summed E-state index contributed by atoms with van der Waals surface area (Å²) in [7, 11) is -20.2. The van der Waals surface area contributed by atoms with Crippen LogP contribution in [0.2, 0.25) is 0 Å². The van der Waals surface area contributed by atoms with E-state index in [9.17, 15) is 135 Å². The standard InChI is InChI=1S/C86H104N12O31S4/c1-6-97-64-35-31-56-58(44-54(130(118,119)120)46-66(56)132(124,125)126)75(64)85(2,3)68(97)20-9-7-10-21-69-86(4,5)76-59-45-55(131(121,122)123)47-67(133(127,128)129)57(59)32-36-65(76)98(69)43-16-8-11-22-70(99)87-41-17-42-96(48-71(100)90-52-27-23-50(24-28-52)77(106)88-39-14-12-18-60(79(108)109)92-83(116)94-62(81(112)113)33-37-73(102)103)49-72(101)91-53-29-25-51(26-30-53)78(107)89-40-15-13-19-61(80(110)111)93-84(117)95-63(82(114)115)34-38-74(104)105/h7,9-10,20-21,23-32,35-36,44-47,60-63H,6,8,11-19,22,33-34,37-43,48-49H2,1-5H3,(H18-,87,88,89,90,91,92,93,94,95,99,100,101,102,103,104,105,106,107,108,109,110,111,112,113,114,115,116,117,118,119,120,121,122,123,124,125,126,127,128,129)/p+1/t60-,61-,62-,63-/m0/s1. The highest BCUT2D eigenvalue weighted by atomic mass is 32.2. The largest absolute Gasteiger partial charge is 0.481 e. The number of hydrogen-bond acceptors (Lipinski definition) is 23. The summed E-state index contributed by atoms with van der Waals surface area (Å²) < 4.78 is 145. The summed E-state index contributed by atoms with van der Waals surface area (Å²) in [6, 6.07) is 12.6. The van der Waals surface area contributed by atoms with E-state index in [4.69, 9.17) is 10.2 Å². The molecule has 0 radical (unpaired) electrons. The molecule has 2 aliphatic rings. The van der Waals surface area contributed by atoms with Gasteiger partial charge < -0.3 is 83.4 Å². The first-order valence-electron chi connectivity index (χ1n) is 41.8. The molecule has 6 aromatic carbocycles. The first kappa shape index (κ1) is 105. The Morgan fingerprint density at radius 1 is 0.436 bits per heavy atom. The van der Waals surface area contributed by atoms with Crippen LogP contribution < -0.4 is 52.8 Å². The van der Waals surface area contributed by atoms with Crippen LogP contribution >= 0.6 is 0 Å². The van der Waals surface area contributed by atoms with Crippen LogP contribution in [0.15, 0.2) is 153 Å². The van der Waals surface area contributed by atoms with Gasteiger partial charge >= 0.3 is 47.9 Å². The molecule has 4 atom stereocenters. The Labute approximate surface area is 764 Å². The number of benzene rings is 6. The highest BCUT2D eigenvalue weighted by Crippen LogP contribution is 2.52. The van der Waals surface area contributed by atoms with Gasteiger partial charge in [-0.3, -0.25) is 56.7 Å². The fourth-order valence-corrected chi connectivity index (χ4v) is 18.2. The molecule has 6 aromatic rings. The average Bonchev–Trinajstić information content (AvgIpc) is 1.60. The number of likely N-dealkylation sites (N-methyl/N-ethyl adjacent to an activating group) is 1. The minimum atomic E-state index is -5.11. The second-order valence-electron chi connectivity index (χ2n) is 32.3. The SMILES string of the molecule is CCN1/C(=C/C=C/C=C/C2=[N+](CCCCCC(=O)NCCCN(CC(=O)Nc3ccc(C(=O)NCCCC[C@H](NC(=O)N[C@@H](CCC(=O)O)C(=O)O)C(=O)O)cc3)CC(=O)Nc3ccc(C(=O)NCCCC[C@H](NC(=O)N[C@@H](CCC(=O)O)C(=O)O)C(=O)O)cc3)c3ccc4c(S(=O)(=O)O)cc(S(=O)(=O)O)cc4c3C2(C)C)C(C)(C)c2c1ccc1c(S(=O)(=O)O)cc(S(=O)(=O)O)cc21. The van der Waals surface area contributed by atoms with Gasteiger partial charge in [-0.05, 0) is 199 Å². The highest BCUT2D eigenvalue weighted by Gasteiger charge is 2.47. The van der Waals surface area contributed by atoms with Crippen LogP contribution in [-0.2, 0) is 94.5 Å². The van der Waals surface area contributed by atoms with Crippen LogP contribution in [0.5, 0.6) is 0 Å². The van der Waals surface area contributed by atoms with Gasteiger partial charge in [-0.15, -0.1) is 0 Å². The number of allylic oxidation sites excluding steroid dienone is 6. The van der Waals surface area contributed by atoms with Crippen molar-refractivity contribution < 1.29 is 149 Å². The molecule has 0 saturated carbocycles. The second kappa shape index (κ2) is 45.8. The van der Waals surface area contributed by atoms with Crippen molar-refractivity contribution in [3.8, 4) is 0 Å². The van der Waals surface area contributed by atoms with Crippen LogP contribution in [0.4, 0.5) is 32.3 Å². The number of urea groups is 2. The number of nitrogens with one attached hydrogen (secondary N) is 9. The molecule has 8 rings (SSSR count). The number of carbonyl (C=O) groups excluding carboxylic acids is 7. The van der Waals surface area contributed by atoms with Crippen molar-refractivity contribution in [2.45, 2.75) is 186 Å². The third-order valence-corrected chi connectivity index (χ3v) is 25.4. The zero-order chi connectivity index (χ0) is 98.4. The van der Waals surface area contributed by atoms with Gasteiger partial charge in [0.05, 0.1) is 28.3 Å². The molecule has 133 heavy (non-hydrogen) atoms. The lowest BCUT2D eigenvalue weighted by Crippen LogP contribution is -2.51. The Morgan fingerprint density at radius 2 is 0.865 bits per heavy atom. The molecule has 718 valence electrons. The molecule has 47 heteroatoms. The number of rotatable bonds is 50. The highest BCUT2D eigenvalue weighted by molar-refractivity contribution is 7.87. The number of amides is 9. The summed E-state index contributed by atoms with van der Waals surface area (Å²) in [5.41, 5.74) is 2.06. The third-order valence-electron chi connectivity index (χ3n) is 22.0. The molecule has 0 aliphatic carbocycles. The van der Waals surface area contributed by atoms with Gasteiger partial charge in [0.1, 0.15) is 40.5 Å². The van der Waals surface area contributed by atoms with Crippen molar-refractivity contribution in [1.82, 2.24) is 42.1 Å². The number of aliphatic carboxylic acids is 6. The van der Waals surface area contributed by atoms with E-state index >= 15 is 0 Å². The van der Waals surface area contributed by atoms with Crippen LogP contribution in [0.1, 0.15) is 163 Å². The fraction of sp³-hybridized carbons (Fsp3) is 0.395. The minimum absolute atomic E-state index is 0.00499. The maximum absolute atomic E-state index is 13.8. The van der Waals surface area contributed by atoms with E-state index in [0.717, 1.165) is 12.1 Å². The van der Waals surface area contributed by atoms with Crippen molar-refractivity contribution in [3.63, 3.8) is 0 Å². The van der Waals surface area contributed by atoms with E-state index in [-0.39, 0.29) is 134 Å². The molecule has 19 N–H and O–H groups in total. The van der Waals surface area contributed by atoms with Crippen LogP contribution in [0.25, 0.3) is 21.5 Å². The maximum Gasteiger partial charge on any atom is 0.326 e. The normalized spacial score (nSPS) is 14.8. The molecular weight excluding hydrogens is 1830 g/mol. The molecule has 0 aromatic heterocycles. The molecule has 0 fully saturated rings. The van der Waals surface area contributed by atoms with Crippen molar-refractivity contribution >= 4 is 168 Å². The van der Waals surface area contributed by atoms with E-state index in [2.05, 4.69) is 37.2 Å². The molecule has 2 aliphatic heterocycles. The van der Waals surface area contributed by atoms with Crippen LogP contribution in [-0.4, -0.2) is 252 Å². The number of fused-ring (bicyclic) bond motifs is 6. The number of carboxylic acid groups (broad SMARTS) is 6. The Balaban J connectivity index is 0.916. The van der Waals surface area contributed by atoms with Gasteiger partial charge in [0.25, 0.3) is 52.3 Å². The summed E-state index contributed by atoms with van der Waals surface area (Å²) in [6.45, 7) is 9.21. The Kier molecular flexibility index (Phi) is 36.2. The number of anilines is 3. The van der Waals surface area contributed by atoms with Gasteiger partial charge in [-0.2, -0.15) is 38.2 Å². The minimum Gasteiger partial charge on any atom is -0.481 e. The zero-order valence-electron chi connectivity index (χ0n) is 72.7. The van der Waals surface area contributed by atoms with E-state index in [0.29, 0.717) is 71.9 Å². The molecule has 0 bridgehead atoms. The molecule has 0 unspecified atom stereocenters. The fourth-order valence-electron chi connectivity index (χ4n) is 15.6. The summed E-state index contributed by atoms with van der Waals surface area (Å²) >= 11 is 0. The van der Waals surface area contributed by atoms with Crippen LogP contribution in [0, 0.1) is 0 Å². The van der Waals surface area contributed by atoms with Crippen LogP contribution in [0.3, 0.4) is 0 Å². The first-order chi connectivity index (χ1) is 62.3. The van der Waals surface area contributed by atoms with Crippen molar-refractivity contribution in [3.05, 3.63) is 155 Å².